The highest BCUT2D eigenvalue weighted by Gasteiger charge is 2.27. The molecule has 0 aliphatic heterocycles. The summed E-state index contributed by atoms with van der Waals surface area (Å²) in [6.45, 7) is 5.67. The van der Waals surface area contributed by atoms with Gasteiger partial charge in [0.2, 0.25) is 0 Å². The quantitative estimate of drug-likeness (QED) is 0.905. The molecule has 0 aromatic heterocycles. The molecule has 0 bridgehead atoms. The van der Waals surface area contributed by atoms with Crippen LogP contribution >= 0.6 is 0 Å². The fraction of sp³-hybridized carbons (Fsp3) is 0.611. The average Bonchev–Trinajstić information content (AvgIpc) is 2.84. The van der Waals surface area contributed by atoms with Gasteiger partial charge in [-0.3, -0.25) is 0 Å². The van der Waals surface area contributed by atoms with E-state index in [0.717, 1.165) is 37.9 Å². The van der Waals surface area contributed by atoms with E-state index in [9.17, 15) is 10.4 Å². The fourth-order valence-electron chi connectivity index (χ4n) is 3.31. The van der Waals surface area contributed by atoms with Crippen LogP contribution in [-0.4, -0.2) is 29.7 Å². The Morgan fingerprint density at radius 1 is 1.33 bits per heavy atom. The third-order valence-electron chi connectivity index (χ3n) is 4.58. The maximum absolute atomic E-state index is 9.96. The molecule has 3 nitrogen and oxygen atoms in total. The van der Waals surface area contributed by atoms with Crippen LogP contribution < -0.4 is 0 Å². The van der Waals surface area contributed by atoms with Gasteiger partial charge in [-0.05, 0) is 50.8 Å². The van der Waals surface area contributed by atoms with Gasteiger partial charge >= 0.3 is 0 Å². The Morgan fingerprint density at radius 2 is 2.05 bits per heavy atom. The van der Waals surface area contributed by atoms with Gasteiger partial charge in [-0.15, -0.1) is 0 Å². The zero-order valence-corrected chi connectivity index (χ0v) is 13.3. The lowest BCUT2D eigenvalue weighted by atomic mass is 9.83. The first-order chi connectivity index (χ1) is 9.94. The molecular formula is C18H26N2O. The topological polar surface area (TPSA) is 47.3 Å². The highest BCUT2D eigenvalue weighted by Crippen LogP contribution is 2.29. The number of aliphatic hydroxyl groups excluding tert-OH is 1. The summed E-state index contributed by atoms with van der Waals surface area (Å²) in [6.07, 6.45) is 3.06. The molecule has 1 fully saturated rings. The van der Waals surface area contributed by atoms with Gasteiger partial charge in [-0.2, -0.15) is 5.26 Å². The SMILES string of the molecule is CN(Cc1ccccc1C(C)(C)C#N)CC1CCCC1O. The maximum Gasteiger partial charge on any atom is 0.0769 e. The molecule has 2 rings (SSSR count). The first-order valence-electron chi connectivity index (χ1n) is 7.80. The summed E-state index contributed by atoms with van der Waals surface area (Å²) >= 11 is 0. The summed E-state index contributed by atoms with van der Waals surface area (Å²) in [5.74, 6) is 0.395. The number of aliphatic hydroxyl groups is 1. The summed E-state index contributed by atoms with van der Waals surface area (Å²) < 4.78 is 0. The lowest BCUT2D eigenvalue weighted by Crippen LogP contribution is -2.30. The van der Waals surface area contributed by atoms with Crippen LogP contribution in [-0.2, 0) is 12.0 Å². The van der Waals surface area contributed by atoms with Crippen molar-refractivity contribution in [1.82, 2.24) is 4.90 Å². The predicted molar refractivity (Wildman–Crippen MR) is 84.8 cm³/mol. The second-order valence-electron chi connectivity index (χ2n) is 6.85. The number of nitriles is 1. The zero-order chi connectivity index (χ0) is 15.5. The maximum atomic E-state index is 9.96. The summed E-state index contributed by atoms with van der Waals surface area (Å²) in [4.78, 5) is 2.27. The standard InChI is InChI=1S/C18H26N2O/c1-18(2,13-19)16-9-5-4-7-14(16)11-20(3)12-15-8-6-10-17(15)21/h4-5,7,9,15,17,21H,6,8,10-12H2,1-3H3. The minimum Gasteiger partial charge on any atom is -0.393 e. The average molecular weight is 286 g/mol. The number of rotatable bonds is 5. The molecule has 1 aromatic carbocycles. The molecular weight excluding hydrogens is 260 g/mol. The zero-order valence-electron chi connectivity index (χ0n) is 13.3. The molecule has 0 spiro atoms. The largest absolute Gasteiger partial charge is 0.393 e. The van der Waals surface area contributed by atoms with Crippen LogP contribution in [0.4, 0.5) is 0 Å². The molecule has 3 heteroatoms. The Bertz CT molecular complexity index is 518. The number of hydrogen-bond acceptors (Lipinski definition) is 3. The third kappa shape index (κ3) is 3.84. The molecule has 1 saturated carbocycles. The first-order valence-corrected chi connectivity index (χ1v) is 7.80. The molecule has 0 saturated heterocycles. The summed E-state index contributed by atoms with van der Waals surface area (Å²) in [7, 11) is 2.10. The number of nitrogens with zero attached hydrogens (tertiary/aromatic N) is 2. The van der Waals surface area contributed by atoms with E-state index in [-0.39, 0.29) is 6.10 Å². The minimum absolute atomic E-state index is 0.141. The smallest absolute Gasteiger partial charge is 0.0769 e. The molecule has 1 N–H and O–H groups in total. The van der Waals surface area contributed by atoms with Crippen LogP contribution in [0.25, 0.3) is 0 Å². The van der Waals surface area contributed by atoms with Crippen LogP contribution in [0, 0.1) is 17.2 Å². The monoisotopic (exact) mass is 286 g/mol. The molecule has 1 aliphatic carbocycles. The summed E-state index contributed by atoms with van der Waals surface area (Å²) in [6, 6.07) is 10.6. The van der Waals surface area contributed by atoms with Crippen LogP contribution in [0.2, 0.25) is 0 Å². The summed E-state index contributed by atoms with van der Waals surface area (Å²) in [5.41, 5.74) is 1.84. The van der Waals surface area contributed by atoms with Gasteiger partial charge in [0, 0.05) is 13.1 Å². The minimum atomic E-state index is -0.468. The van der Waals surface area contributed by atoms with Gasteiger partial charge < -0.3 is 10.0 Å². The van der Waals surface area contributed by atoms with Crippen molar-refractivity contribution < 1.29 is 5.11 Å². The Balaban J connectivity index is 2.07. The van der Waals surface area contributed by atoms with E-state index in [4.69, 9.17) is 0 Å². The van der Waals surface area contributed by atoms with Crippen molar-refractivity contribution in [2.75, 3.05) is 13.6 Å². The molecule has 0 heterocycles. The van der Waals surface area contributed by atoms with E-state index in [1.165, 1.54) is 5.56 Å². The van der Waals surface area contributed by atoms with Gasteiger partial charge in [-0.25, -0.2) is 0 Å². The number of hydrogen-bond donors (Lipinski definition) is 1. The molecule has 2 unspecified atom stereocenters. The highest BCUT2D eigenvalue weighted by molar-refractivity contribution is 5.37. The fourth-order valence-corrected chi connectivity index (χ4v) is 3.31. The predicted octanol–water partition coefficient (Wildman–Crippen LogP) is 3.08. The van der Waals surface area contributed by atoms with Crippen LogP contribution in [0.3, 0.4) is 0 Å². The van der Waals surface area contributed by atoms with Crippen LogP contribution in [0.1, 0.15) is 44.2 Å². The Kier molecular flexibility index (Phi) is 5.03. The lowest BCUT2D eigenvalue weighted by molar-refractivity contribution is 0.107. The van der Waals surface area contributed by atoms with Crippen molar-refractivity contribution in [3.8, 4) is 6.07 Å². The Morgan fingerprint density at radius 3 is 2.67 bits per heavy atom. The van der Waals surface area contributed by atoms with E-state index < -0.39 is 5.41 Å². The van der Waals surface area contributed by atoms with Crippen molar-refractivity contribution in [3.63, 3.8) is 0 Å². The van der Waals surface area contributed by atoms with E-state index in [0.29, 0.717) is 5.92 Å². The lowest BCUT2D eigenvalue weighted by Gasteiger charge is -2.26. The molecule has 21 heavy (non-hydrogen) atoms. The van der Waals surface area contributed by atoms with E-state index in [2.05, 4.69) is 30.1 Å². The Labute approximate surface area is 128 Å². The molecule has 1 aromatic rings. The van der Waals surface area contributed by atoms with Gasteiger partial charge in [0.05, 0.1) is 17.6 Å². The van der Waals surface area contributed by atoms with Crippen molar-refractivity contribution in [3.05, 3.63) is 35.4 Å². The van der Waals surface area contributed by atoms with Gasteiger partial charge in [0.15, 0.2) is 0 Å². The normalized spacial score (nSPS) is 22.5. The van der Waals surface area contributed by atoms with E-state index in [1.54, 1.807) is 0 Å². The molecule has 1 aliphatic rings. The number of benzene rings is 1. The summed E-state index contributed by atoms with van der Waals surface area (Å²) in [5, 5.41) is 19.3. The molecule has 2 atom stereocenters. The van der Waals surface area contributed by atoms with Crippen molar-refractivity contribution in [2.24, 2.45) is 5.92 Å². The van der Waals surface area contributed by atoms with Gasteiger partial charge in [-0.1, -0.05) is 30.7 Å². The Hall–Kier alpha value is -1.37. The third-order valence-corrected chi connectivity index (χ3v) is 4.58. The highest BCUT2D eigenvalue weighted by atomic mass is 16.3. The molecule has 0 radical (unpaired) electrons. The second kappa shape index (κ2) is 6.60. The van der Waals surface area contributed by atoms with Crippen molar-refractivity contribution >= 4 is 0 Å². The molecule has 114 valence electrons. The van der Waals surface area contributed by atoms with E-state index in [1.807, 2.05) is 26.0 Å². The molecule has 0 amide bonds. The first kappa shape index (κ1) is 16.0. The van der Waals surface area contributed by atoms with E-state index >= 15 is 0 Å². The van der Waals surface area contributed by atoms with Crippen molar-refractivity contribution in [1.29, 1.82) is 5.26 Å². The van der Waals surface area contributed by atoms with Crippen LogP contribution in [0.5, 0.6) is 0 Å². The van der Waals surface area contributed by atoms with Gasteiger partial charge in [0.1, 0.15) is 0 Å². The van der Waals surface area contributed by atoms with Crippen LogP contribution in [0.15, 0.2) is 24.3 Å². The second-order valence-corrected chi connectivity index (χ2v) is 6.85. The van der Waals surface area contributed by atoms with Crippen molar-refractivity contribution in [2.45, 2.75) is 51.2 Å². The van der Waals surface area contributed by atoms with Gasteiger partial charge in [0.25, 0.3) is 0 Å².